The van der Waals surface area contributed by atoms with Crippen LogP contribution in [-0.2, 0) is 19.1 Å². The summed E-state index contributed by atoms with van der Waals surface area (Å²) < 4.78 is 4.60. The Kier molecular flexibility index (Phi) is 5.85. The number of amides is 2. The molecule has 3 atom stereocenters. The van der Waals surface area contributed by atoms with Gasteiger partial charge in [-0.25, -0.2) is 0 Å². The summed E-state index contributed by atoms with van der Waals surface area (Å²) in [6.45, 7) is 5.69. The van der Waals surface area contributed by atoms with Crippen LogP contribution in [-0.4, -0.2) is 46.3 Å². The summed E-state index contributed by atoms with van der Waals surface area (Å²) in [5.41, 5.74) is 0. The molecule has 1 saturated heterocycles. The first-order chi connectivity index (χ1) is 8.90. The van der Waals surface area contributed by atoms with Crippen molar-refractivity contribution < 1.29 is 19.1 Å². The SMILES string of the molecule is CCC(C)N1C(=O)CC(SC(C)CC(=O)OC)C1=O. The molecule has 6 heteroatoms. The van der Waals surface area contributed by atoms with E-state index >= 15 is 0 Å². The molecule has 1 heterocycles. The quantitative estimate of drug-likeness (QED) is 0.548. The van der Waals surface area contributed by atoms with E-state index in [0.717, 1.165) is 6.42 Å². The molecule has 0 spiro atoms. The van der Waals surface area contributed by atoms with Gasteiger partial charge in [-0.15, -0.1) is 11.8 Å². The summed E-state index contributed by atoms with van der Waals surface area (Å²) in [6, 6.07) is -0.0542. The number of hydrogen-bond acceptors (Lipinski definition) is 5. The molecule has 0 bridgehead atoms. The molecule has 1 aliphatic heterocycles. The van der Waals surface area contributed by atoms with Gasteiger partial charge in [0.05, 0.1) is 18.8 Å². The number of nitrogens with zero attached hydrogens (tertiary/aromatic N) is 1. The fourth-order valence-electron chi connectivity index (χ4n) is 2.02. The zero-order valence-corrected chi connectivity index (χ0v) is 12.7. The Morgan fingerprint density at radius 1 is 1.47 bits per heavy atom. The highest BCUT2D eigenvalue weighted by Gasteiger charge is 2.41. The van der Waals surface area contributed by atoms with E-state index < -0.39 is 0 Å². The molecule has 19 heavy (non-hydrogen) atoms. The van der Waals surface area contributed by atoms with Gasteiger partial charge < -0.3 is 4.74 Å². The Morgan fingerprint density at radius 2 is 2.11 bits per heavy atom. The number of methoxy groups -OCH3 is 1. The number of rotatable bonds is 6. The first-order valence-corrected chi connectivity index (χ1v) is 7.43. The Labute approximate surface area is 118 Å². The smallest absolute Gasteiger partial charge is 0.306 e. The summed E-state index contributed by atoms with van der Waals surface area (Å²) in [5, 5.41) is -0.396. The van der Waals surface area contributed by atoms with E-state index in [9.17, 15) is 14.4 Å². The number of imide groups is 1. The van der Waals surface area contributed by atoms with Crippen molar-refractivity contribution >= 4 is 29.5 Å². The maximum Gasteiger partial charge on any atom is 0.306 e. The van der Waals surface area contributed by atoms with Crippen LogP contribution in [0, 0.1) is 0 Å². The van der Waals surface area contributed by atoms with Crippen molar-refractivity contribution in [3.8, 4) is 0 Å². The van der Waals surface area contributed by atoms with Gasteiger partial charge in [-0.3, -0.25) is 19.3 Å². The average molecular weight is 287 g/mol. The number of carbonyl (C=O) groups is 3. The highest BCUT2D eigenvalue weighted by atomic mass is 32.2. The molecule has 0 aromatic rings. The molecule has 1 rings (SSSR count). The Bertz CT molecular complexity index is 372. The number of carbonyl (C=O) groups excluding carboxylic acids is 3. The van der Waals surface area contributed by atoms with Gasteiger partial charge in [-0.05, 0) is 13.3 Å². The number of likely N-dealkylation sites (tertiary alicyclic amines) is 1. The number of esters is 1. The van der Waals surface area contributed by atoms with Gasteiger partial charge in [0.25, 0.3) is 0 Å². The number of hydrogen-bond donors (Lipinski definition) is 0. The topological polar surface area (TPSA) is 63.7 Å². The van der Waals surface area contributed by atoms with E-state index in [2.05, 4.69) is 4.74 Å². The summed E-state index contributed by atoms with van der Waals surface area (Å²) in [4.78, 5) is 36.6. The predicted molar refractivity (Wildman–Crippen MR) is 73.7 cm³/mol. The molecule has 0 aliphatic carbocycles. The first kappa shape index (κ1) is 16.0. The van der Waals surface area contributed by atoms with Crippen molar-refractivity contribution in [3.05, 3.63) is 0 Å². The normalized spacial score (nSPS) is 22.5. The molecule has 1 fully saturated rings. The number of ether oxygens (including phenoxy) is 1. The molecule has 3 unspecified atom stereocenters. The molecule has 108 valence electrons. The van der Waals surface area contributed by atoms with E-state index in [1.807, 2.05) is 20.8 Å². The van der Waals surface area contributed by atoms with Gasteiger partial charge in [-0.2, -0.15) is 0 Å². The van der Waals surface area contributed by atoms with Crippen molar-refractivity contribution in [2.75, 3.05) is 7.11 Å². The molecule has 0 N–H and O–H groups in total. The molecule has 0 aromatic heterocycles. The van der Waals surface area contributed by atoms with Crippen LogP contribution in [0.5, 0.6) is 0 Å². The molecule has 2 amide bonds. The zero-order chi connectivity index (χ0) is 14.6. The van der Waals surface area contributed by atoms with E-state index in [1.165, 1.54) is 23.8 Å². The van der Waals surface area contributed by atoms with Gasteiger partial charge in [0.2, 0.25) is 11.8 Å². The zero-order valence-electron chi connectivity index (χ0n) is 11.8. The highest BCUT2D eigenvalue weighted by Crippen LogP contribution is 2.31. The largest absolute Gasteiger partial charge is 0.469 e. The van der Waals surface area contributed by atoms with Crippen molar-refractivity contribution in [1.82, 2.24) is 4.90 Å². The minimum absolute atomic E-state index is 0.0360. The van der Waals surface area contributed by atoms with E-state index in [0.29, 0.717) is 0 Å². The standard InChI is InChI=1S/C13H21NO4S/c1-5-8(2)14-11(15)7-10(13(14)17)19-9(3)6-12(16)18-4/h8-10H,5-7H2,1-4H3. The monoisotopic (exact) mass is 287 g/mol. The minimum Gasteiger partial charge on any atom is -0.469 e. The summed E-state index contributed by atoms with van der Waals surface area (Å²) in [7, 11) is 1.34. The van der Waals surface area contributed by atoms with Gasteiger partial charge in [-0.1, -0.05) is 13.8 Å². The molecule has 1 aliphatic rings. The Balaban J connectivity index is 2.59. The highest BCUT2D eigenvalue weighted by molar-refractivity contribution is 8.01. The summed E-state index contributed by atoms with van der Waals surface area (Å²) in [5.74, 6) is -0.529. The van der Waals surface area contributed by atoms with Crippen LogP contribution in [0.15, 0.2) is 0 Å². The van der Waals surface area contributed by atoms with Crippen molar-refractivity contribution in [1.29, 1.82) is 0 Å². The molecular formula is C13H21NO4S. The fourth-order valence-corrected chi connectivity index (χ4v) is 3.28. The van der Waals surface area contributed by atoms with Gasteiger partial charge >= 0.3 is 5.97 Å². The van der Waals surface area contributed by atoms with Crippen LogP contribution in [0.1, 0.15) is 40.0 Å². The first-order valence-electron chi connectivity index (χ1n) is 6.48. The van der Waals surface area contributed by atoms with E-state index in [1.54, 1.807) is 0 Å². The van der Waals surface area contributed by atoms with Crippen LogP contribution < -0.4 is 0 Å². The van der Waals surface area contributed by atoms with Crippen LogP contribution >= 0.6 is 11.8 Å². The summed E-state index contributed by atoms with van der Waals surface area (Å²) in [6.07, 6.45) is 1.24. The van der Waals surface area contributed by atoms with E-state index in [4.69, 9.17) is 0 Å². The molecule has 0 aromatic carbocycles. The lowest BCUT2D eigenvalue weighted by Gasteiger charge is -2.22. The Morgan fingerprint density at radius 3 is 2.63 bits per heavy atom. The fraction of sp³-hybridized carbons (Fsp3) is 0.769. The van der Waals surface area contributed by atoms with Crippen LogP contribution in [0.2, 0.25) is 0 Å². The Hall–Kier alpha value is -1.04. The number of thioether (sulfide) groups is 1. The van der Waals surface area contributed by atoms with Crippen LogP contribution in [0.3, 0.4) is 0 Å². The predicted octanol–water partition coefficient (Wildman–Crippen LogP) is 1.60. The molecule has 0 saturated carbocycles. The minimum atomic E-state index is -0.360. The maximum atomic E-state index is 12.2. The third-order valence-electron chi connectivity index (χ3n) is 3.25. The van der Waals surface area contributed by atoms with Crippen molar-refractivity contribution in [3.63, 3.8) is 0 Å². The lowest BCUT2D eigenvalue weighted by Crippen LogP contribution is -2.38. The maximum absolute atomic E-state index is 12.2. The lowest BCUT2D eigenvalue weighted by atomic mass is 10.2. The molecular weight excluding hydrogens is 266 g/mol. The van der Waals surface area contributed by atoms with Gasteiger partial charge in [0, 0.05) is 17.7 Å². The lowest BCUT2D eigenvalue weighted by molar-refractivity contribution is -0.141. The third-order valence-corrected chi connectivity index (χ3v) is 4.58. The van der Waals surface area contributed by atoms with Crippen LogP contribution in [0.4, 0.5) is 0 Å². The second kappa shape index (κ2) is 6.93. The molecule has 0 radical (unpaired) electrons. The van der Waals surface area contributed by atoms with Gasteiger partial charge in [0.15, 0.2) is 0 Å². The molecule has 5 nitrogen and oxygen atoms in total. The third kappa shape index (κ3) is 3.96. The van der Waals surface area contributed by atoms with Crippen LogP contribution in [0.25, 0.3) is 0 Å². The van der Waals surface area contributed by atoms with Gasteiger partial charge in [0.1, 0.15) is 0 Å². The van der Waals surface area contributed by atoms with Crippen molar-refractivity contribution in [2.45, 2.75) is 56.6 Å². The second-order valence-electron chi connectivity index (χ2n) is 4.78. The van der Waals surface area contributed by atoms with Crippen molar-refractivity contribution in [2.24, 2.45) is 0 Å². The average Bonchev–Trinajstić information content (AvgIpc) is 2.63. The van der Waals surface area contributed by atoms with E-state index in [-0.39, 0.29) is 47.2 Å². The summed E-state index contributed by atoms with van der Waals surface area (Å²) >= 11 is 1.38. The second-order valence-corrected chi connectivity index (χ2v) is 6.42.